The van der Waals surface area contributed by atoms with Crippen molar-refractivity contribution in [2.24, 2.45) is 0 Å². The highest BCUT2D eigenvalue weighted by Crippen LogP contribution is 2.31. The lowest BCUT2D eigenvalue weighted by Gasteiger charge is -2.23. The lowest BCUT2D eigenvalue weighted by Crippen LogP contribution is -2.32. The Morgan fingerprint density at radius 1 is 1.60 bits per heavy atom. The van der Waals surface area contributed by atoms with Gasteiger partial charge in [-0.25, -0.2) is 0 Å². The maximum absolute atomic E-state index is 11.2. The van der Waals surface area contributed by atoms with Gasteiger partial charge in [-0.05, 0) is 41.1 Å². The first-order chi connectivity index (χ1) is 7.02. The van der Waals surface area contributed by atoms with E-state index in [9.17, 15) is 9.90 Å². The van der Waals surface area contributed by atoms with Gasteiger partial charge in [0.1, 0.15) is 5.41 Å². The molecule has 0 heterocycles. The number of halogens is 1. The van der Waals surface area contributed by atoms with E-state index in [0.29, 0.717) is 5.56 Å². The summed E-state index contributed by atoms with van der Waals surface area (Å²) in [4.78, 5) is 11.2. The number of carbonyl (C=O) groups is 1. The van der Waals surface area contributed by atoms with Gasteiger partial charge in [0, 0.05) is 3.57 Å². The summed E-state index contributed by atoms with van der Waals surface area (Å²) in [6.07, 6.45) is -0.0254. The van der Waals surface area contributed by atoms with E-state index >= 15 is 0 Å². The highest BCUT2D eigenvalue weighted by Gasteiger charge is 2.36. The molecule has 0 aliphatic heterocycles. The first-order valence-corrected chi connectivity index (χ1v) is 5.45. The minimum Gasteiger partial charge on any atom is -0.481 e. The molecule has 15 heavy (non-hydrogen) atoms. The molecule has 0 spiro atoms. The Hall–Kier alpha value is -1.09. The molecule has 1 rings (SSSR count). The van der Waals surface area contributed by atoms with Crippen molar-refractivity contribution in [3.63, 3.8) is 0 Å². The van der Waals surface area contributed by atoms with Crippen molar-refractivity contribution in [2.45, 2.75) is 18.8 Å². The molecule has 0 saturated carbocycles. The van der Waals surface area contributed by atoms with Crippen molar-refractivity contribution in [1.82, 2.24) is 0 Å². The third-order valence-electron chi connectivity index (χ3n) is 2.37. The largest absolute Gasteiger partial charge is 0.481 e. The molecule has 1 aromatic carbocycles. The van der Waals surface area contributed by atoms with Crippen LogP contribution >= 0.6 is 22.6 Å². The van der Waals surface area contributed by atoms with Crippen LogP contribution in [0, 0.1) is 14.9 Å². The van der Waals surface area contributed by atoms with Crippen molar-refractivity contribution in [2.75, 3.05) is 0 Å². The molecule has 78 valence electrons. The van der Waals surface area contributed by atoms with Gasteiger partial charge >= 0.3 is 5.97 Å². The first-order valence-electron chi connectivity index (χ1n) is 4.37. The smallest absolute Gasteiger partial charge is 0.314 e. The van der Waals surface area contributed by atoms with Gasteiger partial charge in [-0.1, -0.05) is 18.2 Å². The number of carboxylic acid groups (broad SMARTS) is 1. The summed E-state index contributed by atoms with van der Waals surface area (Å²) in [5.41, 5.74) is -0.424. The monoisotopic (exact) mass is 315 g/mol. The van der Waals surface area contributed by atoms with Crippen LogP contribution in [0.5, 0.6) is 0 Å². The summed E-state index contributed by atoms with van der Waals surface area (Å²) < 4.78 is 0.871. The molecular weight excluding hydrogens is 305 g/mol. The van der Waals surface area contributed by atoms with Crippen LogP contribution in [-0.4, -0.2) is 11.1 Å². The van der Waals surface area contributed by atoms with Gasteiger partial charge in [0.25, 0.3) is 0 Å². The SMILES string of the molecule is CC(CC#N)(C(=O)O)c1ccccc1I. The normalized spacial score (nSPS) is 13.9. The molecule has 1 atom stereocenters. The van der Waals surface area contributed by atoms with E-state index in [1.807, 2.05) is 18.2 Å². The average Bonchev–Trinajstić information content (AvgIpc) is 2.18. The van der Waals surface area contributed by atoms with Crippen LogP contribution in [0.15, 0.2) is 24.3 Å². The Morgan fingerprint density at radius 2 is 2.20 bits per heavy atom. The number of nitrogens with zero attached hydrogens (tertiary/aromatic N) is 1. The molecule has 0 radical (unpaired) electrons. The molecule has 1 aromatic rings. The van der Waals surface area contributed by atoms with Gasteiger partial charge in [-0.2, -0.15) is 5.26 Å². The topological polar surface area (TPSA) is 61.1 Å². The van der Waals surface area contributed by atoms with Crippen molar-refractivity contribution in [3.05, 3.63) is 33.4 Å². The number of benzene rings is 1. The quantitative estimate of drug-likeness (QED) is 0.872. The maximum Gasteiger partial charge on any atom is 0.314 e. The summed E-state index contributed by atoms with van der Waals surface area (Å²) in [5.74, 6) is -0.965. The van der Waals surface area contributed by atoms with Crippen LogP contribution in [0.2, 0.25) is 0 Å². The predicted molar refractivity (Wildman–Crippen MR) is 64.4 cm³/mol. The molecule has 0 aliphatic carbocycles. The third-order valence-corrected chi connectivity index (χ3v) is 3.31. The van der Waals surface area contributed by atoms with E-state index in [2.05, 4.69) is 22.6 Å². The zero-order valence-electron chi connectivity index (χ0n) is 8.20. The number of aliphatic carboxylic acids is 1. The van der Waals surface area contributed by atoms with E-state index in [0.717, 1.165) is 3.57 Å². The van der Waals surface area contributed by atoms with Gasteiger partial charge in [0.05, 0.1) is 12.5 Å². The second-order valence-electron chi connectivity index (χ2n) is 3.45. The van der Waals surface area contributed by atoms with E-state index in [-0.39, 0.29) is 6.42 Å². The van der Waals surface area contributed by atoms with E-state index in [1.165, 1.54) is 0 Å². The Balaban J connectivity index is 3.29. The maximum atomic E-state index is 11.2. The van der Waals surface area contributed by atoms with Crippen LogP contribution in [-0.2, 0) is 10.2 Å². The van der Waals surface area contributed by atoms with Crippen molar-refractivity contribution < 1.29 is 9.90 Å². The standard InChI is InChI=1S/C11H10INO2/c1-11(6-7-13,10(14)15)8-4-2-3-5-9(8)12/h2-5H,6H2,1H3,(H,14,15). The lowest BCUT2D eigenvalue weighted by molar-refractivity contribution is -0.143. The third kappa shape index (κ3) is 2.29. The van der Waals surface area contributed by atoms with Crippen LogP contribution in [0.1, 0.15) is 18.9 Å². The van der Waals surface area contributed by atoms with E-state index < -0.39 is 11.4 Å². The van der Waals surface area contributed by atoms with Gasteiger partial charge in [-0.15, -0.1) is 0 Å². The number of hydrogen-bond donors (Lipinski definition) is 1. The molecule has 1 unspecified atom stereocenters. The second-order valence-corrected chi connectivity index (χ2v) is 4.61. The summed E-state index contributed by atoms with van der Waals surface area (Å²) in [7, 11) is 0. The summed E-state index contributed by atoms with van der Waals surface area (Å²) in [6.45, 7) is 1.58. The van der Waals surface area contributed by atoms with Crippen molar-refractivity contribution >= 4 is 28.6 Å². The van der Waals surface area contributed by atoms with Gasteiger partial charge in [-0.3, -0.25) is 4.79 Å². The minimum absolute atomic E-state index is 0.0254. The number of nitriles is 1. The second kappa shape index (κ2) is 4.62. The fourth-order valence-electron chi connectivity index (χ4n) is 1.35. The van der Waals surface area contributed by atoms with Crippen LogP contribution in [0.4, 0.5) is 0 Å². The zero-order valence-corrected chi connectivity index (χ0v) is 10.4. The van der Waals surface area contributed by atoms with Crippen LogP contribution < -0.4 is 0 Å². The molecule has 0 saturated heterocycles. The fourth-order valence-corrected chi connectivity index (χ4v) is 2.34. The van der Waals surface area contributed by atoms with E-state index in [4.69, 9.17) is 5.26 Å². The zero-order chi connectivity index (χ0) is 11.5. The van der Waals surface area contributed by atoms with Gasteiger partial charge in [0.15, 0.2) is 0 Å². The number of carboxylic acids is 1. The Labute approximate surface area is 102 Å². The Bertz CT molecular complexity index is 425. The predicted octanol–water partition coefficient (Wildman–Crippen LogP) is 2.55. The lowest BCUT2D eigenvalue weighted by atomic mass is 9.80. The molecule has 1 N–H and O–H groups in total. The average molecular weight is 315 g/mol. The molecule has 3 nitrogen and oxygen atoms in total. The highest BCUT2D eigenvalue weighted by molar-refractivity contribution is 14.1. The fraction of sp³-hybridized carbons (Fsp3) is 0.273. The summed E-state index contributed by atoms with van der Waals surface area (Å²) >= 11 is 2.09. The molecule has 0 aromatic heterocycles. The van der Waals surface area contributed by atoms with Crippen LogP contribution in [0.3, 0.4) is 0 Å². The minimum atomic E-state index is -1.12. The highest BCUT2D eigenvalue weighted by atomic mass is 127. The van der Waals surface area contributed by atoms with Gasteiger partial charge < -0.3 is 5.11 Å². The first kappa shape index (κ1) is 12.0. The molecule has 0 fully saturated rings. The molecule has 0 aliphatic rings. The summed E-state index contributed by atoms with van der Waals surface area (Å²) in [6, 6.07) is 9.16. The van der Waals surface area contributed by atoms with Crippen molar-refractivity contribution in [3.8, 4) is 6.07 Å². The Kier molecular flexibility index (Phi) is 3.69. The molecule has 4 heteroatoms. The number of rotatable bonds is 3. The molecule has 0 bridgehead atoms. The van der Waals surface area contributed by atoms with Crippen LogP contribution in [0.25, 0.3) is 0 Å². The van der Waals surface area contributed by atoms with E-state index in [1.54, 1.807) is 19.1 Å². The van der Waals surface area contributed by atoms with Crippen molar-refractivity contribution in [1.29, 1.82) is 5.26 Å². The molecular formula is C11H10INO2. The molecule has 0 amide bonds. The Morgan fingerprint density at radius 3 is 2.67 bits per heavy atom. The van der Waals surface area contributed by atoms with Gasteiger partial charge in [0.2, 0.25) is 0 Å². The number of hydrogen-bond acceptors (Lipinski definition) is 2. The summed E-state index contributed by atoms with van der Waals surface area (Å²) in [5, 5.41) is 17.9.